The summed E-state index contributed by atoms with van der Waals surface area (Å²) >= 11 is 0. The van der Waals surface area contributed by atoms with Crippen LogP contribution in [0.2, 0.25) is 0 Å². The van der Waals surface area contributed by atoms with E-state index < -0.39 is 12.1 Å². The number of nitrogens with zero attached hydrogens (tertiary/aromatic N) is 1. The van der Waals surface area contributed by atoms with Gasteiger partial charge in [-0.3, -0.25) is 14.4 Å². The minimum atomic E-state index is -0.876. The van der Waals surface area contributed by atoms with Crippen molar-refractivity contribution in [2.45, 2.75) is 26.5 Å². The molecule has 1 aromatic heterocycles. The van der Waals surface area contributed by atoms with E-state index in [2.05, 4.69) is 5.32 Å². The molecule has 6 heteroatoms. The zero-order valence-electron chi connectivity index (χ0n) is 14.7. The van der Waals surface area contributed by atoms with E-state index >= 15 is 0 Å². The SMILES string of the molecule is CCNC(=O)C(C)OC(=O)Cn1c2ccccc2c(=O)c2ccccc21. The number of hydrogen-bond acceptors (Lipinski definition) is 4. The maximum atomic E-state index is 12.7. The van der Waals surface area contributed by atoms with Crippen molar-refractivity contribution >= 4 is 33.7 Å². The molecule has 0 aliphatic carbocycles. The summed E-state index contributed by atoms with van der Waals surface area (Å²) in [6.07, 6.45) is -0.876. The maximum absolute atomic E-state index is 12.7. The lowest BCUT2D eigenvalue weighted by Crippen LogP contribution is -2.36. The van der Waals surface area contributed by atoms with Gasteiger partial charge in [0.05, 0.1) is 11.0 Å². The molecule has 0 saturated heterocycles. The lowest BCUT2D eigenvalue weighted by atomic mass is 10.1. The van der Waals surface area contributed by atoms with Crippen molar-refractivity contribution in [3.63, 3.8) is 0 Å². The zero-order valence-corrected chi connectivity index (χ0v) is 14.7. The topological polar surface area (TPSA) is 77.4 Å². The van der Waals surface area contributed by atoms with Gasteiger partial charge >= 0.3 is 5.97 Å². The first kappa shape index (κ1) is 17.7. The highest BCUT2D eigenvalue weighted by molar-refractivity contribution is 5.94. The van der Waals surface area contributed by atoms with E-state index in [0.717, 1.165) is 0 Å². The highest BCUT2D eigenvalue weighted by Crippen LogP contribution is 2.19. The van der Waals surface area contributed by atoms with Gasteiger partial charge in [0.15, 0.2) is 11.5 Å². The van der Waals surface area contributed by atoms with Crippen LogP contribution < -0.4 is 10.7 Å². The summed E-state index contributed by atoms with van der Waals surface area (Å²) in [5.74, 6) is -0.877. The van der Waals surface area contributed by atoms with Crippen LogP contribution in [-0.4, -0.2) is 29.1 Å². The van der Waals surface area contributed by atoms with E-state index in [4.69, 9.17) is 4.74 Å². The third-order valence-corrected chi connectivity index (χ3v) is 4.19. The number of carbonyl (C=O) groups excluding carboxylic acids is 2. The fraction of sp³-hybridized carbons (Fsp3) is 0.250. The summed E-state index contributed by atoms with van der Waals surface area (Å²) < 4.78 is 7.00. The molecule has 2 aromatic carbocycles. The van der Waals surface area contributed by atoms with Crippen molar-refractivity contribution in [3.05, 3.63) is 58.8 Å². The number of para-hydroxylation sites is 2. The summed E-state index contributed by atoms with van der Waals surface area (Å²) in [4.78, 5) is 36.8. The Morgan fingerprint density at radius 2 is 1.58 bits per heavy atom. The molecule has 0 aliphatic heterocycles. The molecule has 26 heavy (non-hydrogen) atoms. The van der Waals surface area contributed by atoms with Gasteiger partial charge in [0, 0.05) is 17.3 Å². The predicted molar refractivity (Wildman–Crippen MR) is 100.0 cm³/mol. The van der Waals surface area contributed by atoms with Crippen LogP contribution in [0, 0.1) is 0 Å². The third-order valence-electron chi connectivity index (χ3n) is 4.19. The van der Waals surface area contributed by atoms with Crippen LogP contribution in [0.15, 0.2) is 53.3 Å². The molecular formula is C20H20N2O4. The van der Waals surface area contributed by atoms with E-state index in [1.54, 1.807) is 47.9 Å². The van der Waals surface area contributed by atoms with Crippen LogP contribution >= 0.6 is 0 Å². The van der Waals surface area contributed by atoms with Crippen LogP contribution in [0.4, 0.5) is 0 Å². The predicted octanol–water partition coefficient (Wildman–Crippen LogP) is 2.22. The average molecular weight is 352 g/mol. The van der Waals surface area contributed by atoms with Crippen molar-refractivity contribution < 1.29 is 14.3 Å². The minimum Gasteiger partial charge on any atom is -0.451 e. The fourth-order valence-electron chi connectivity index (χ4n) is 2.98. The Labute approximate surface area is 150 Å². The number of benzene rings is 2. The monoisotopic (exact) mass is 352 g/mol. The summed E-state index contributed by atoms with van der Waals surface area (Å²) in [5, 5.41) is 3.69. The van der Waals surface area contributed by atoms with Crippen LogP contribution in [0.1, 0.15) is 13.8 Å². The lowest BCUT2D eigenvalue weighted by Gasteiger charge is -2.17. The van der Waals surface area contributed by atoms with Crippen molar-refractivity contribution in [1.82, 2.24) is 9.88 Å². The maximum Gasteiger partial charge on any atom is 0.326 e. The molecule has 134 valence electrons. The highest BCUT2D eigenvalue weighted by Gasteiger charge is 2.19. The van der Waals surface area contributed by atoms with Gasteiger partial charge < -0.3 is 14.6 Å². The third kappa shape index (κ3) is 3.31. The molecule has 0 aliphatic rings. The van der Waals surface area contributed by atoms with Crippen molar-refractivity contribution in [3.8, 4) is 0 Å². The standard InChI is InChI=1S/C20H20N2O4/c1-3-21-20(25)13(2)26-18(23)12-22-16-10-6-4-8-14(16)19(24)15-9-5-7-11-17(15)22/h4-11,13H,3,12H2,1-2H3,(H,21,25). The molecule has 1 N–H and O–H groups in total. The van der Waals surface area contributed by atoms with E-state index in [1.165, 1.54) is 6.92 Å². The molecule has 0 bridgehead atoms. The molecule has 0 saturated carbocycles. The molecule has 1 atom stereocenters. The van der Waals surface area contributed by atoms with Gasteiger partial charge in [-0.25, -0.2) is 0 Å². The molecular weight excluding hydrogens is 332 g/mol. The molecule has 0 fully saturated rings. The minimum absolute atomic E-state index is 0.0727. The second kappa shape index (κ2) is 7.39. The van der Waals surface area contributed by atoms with E-state index in [9.17, 15) is 14.4 Å². The number of ether oxygens (including phenoxy) is 1. The second-order valence-corrected chi connectivity index (χ2v) is 5.98. The first-order valence-electron chi connectivity index (χ1n) is 8.50. The van der Waals surface area contributed by atoms with Crippen LogP contribution in [0.25, 0.3) is 21.8 Å². The molecule has 0 radical (unpaired) electrons. The van der Waals surface area contributed by atoms with E-state index in [0.29, 0.717) is 28.4 Å². The number of likely N-dealkylation sites (N-methyl/N-ethyl adjacent to an activating group) is 1. The Morgan fingerprint density at radius 1 is 1.04 bits per heavy atom. The number of pyridine rings is 1. The Bertz CT molecular complexity index is 979. The average Bonchev–Trinajstić information content (AvgIpc) is 2.65. The van der Waals surface area contributed by atoms with E-state index in [-0.39, 0.29) is 17.9 Å². The molecule has 1 amide bonds. The smallest absolute Gasteiger partial charge is 0.326 e. The molecule has 6 nitrogen and oxygen atoms in total. The number of fused-ring (bicyclic) bond motifs is 2. The normalized spacial score (nSPS) is 12.1. The number of aromatic nitrogens is 1. The summed E-state index contributed by atoms with van der Waals surface area (Å²) in [6.45, 7) is 3.70. The van der Waals surface area contributed by atoms with Gasteiger partial charge in [-0.05, 0) is 38.1 Å². The molecule has 1 heterocycles. The van der Waals surface area contributed by atoms with Gasteiger partial charge in [-0.2, -0.15) is 0 Å². The lowest BCUT2D eigenvalue weighted by molar-refractivity contribution is -0.155. The number of hydrogen-bond donors (Lipinski definition) is 1. The fourth-order valence-corrected chi connectivity index (χ4v) is 2.98. The summed E-state index contributed by atoms with van der Waals surface area (Å²) in [5.41, 5.74) is 1.23. The highest BCUT2D eigenvalue weighted by atomic mass is 16.5. The van der Waals surface area contributed by atoms with Gasteiger partial charge in [0.1, 0.15) is 6.54 Å². The second-order valence-electron chi connectivity index (χ2n) is 5.98. The Morgan fingerprint density at radius 3 is 2.12 bits per heavy atom. The van der Waals surface area contributed by atoms with E-state index in [1.807, 2.05) is 12.1 Å². The summed E-state index contributed by atoms with van der Waals surface area (Å²) in [7, 11) is 0. The number of nitrogens with one attached hydrogen (secondary N) is 1. The number of esters is 1. The first-order chi connectivity index (χ1) is 12.5. The van der Waals surface area contributed by atoms with Crippen molar-refractivity contribution in [2.24, 2.45) is 0 Å². The van der Waals surface area contributed by atoms with Gasteiger partial charge in [-0.15, -0.1) is 0 Å². The van der Waals surface area contributed by atoms with Gasteiger partial charge in [-0.1, -0.05) is 24.3 Å². The van der Waals surface area contributed by atoms with Gasteiger partial charge in [0.2, 0.25) is 0 Å². The van der Waals surface area contributed by atoms with Crippen LogP contribution in [-0.2, 0) is 20.9 Å². The number of carbonyl (C=O) groups is 2. The Hall–Kier alpha value is -3.15. The quantitative estimate of drug-likeness (QED) is 0.564. The number of amides is 1. The zero-order chi connectivity index (χ0) is 18.7. The Balaban J connectivity index is 2.01. The van der Waals surface area contributed by atoms with Gasteiger partial charge in [0.25, 0.3) is 5.91 Å². The van der Waals surface area contributed by atoms with Crippen molar-refractivity contribution in [1.29, 1.82) is 0 Å². The summed E-state index contributed by atoms with van der Waals surface area (Å²) in [6, 6.07) is 14.3. The first-order valence-corrected chi connectivity index (χ1v) is 8.50. The Kier molecular flexibility index (Phi) is 5.02. The molecule has 0 spiro atoms. The molecule has 3 aromatic rings. The molecule has 3 rings (SSSR count). The largest absolute Gasteiger partial charge is 0.451 e. The number of rotatable bonds is 5. The van der Waals surface area contributed by atoms with Crippen molar-refractivity contribution in [2.75, 3.05) is 6.54 Å². The van der Waals surface area contributed by atoms with Crippen LogP contribution in [0.5, 0.6) is 0 Å². The molecule has 1 unspecified atom stereocenters. The van der Waals surface area contributed by atoms with Crippen LogP contribution in [0.3, 0.4) is 0 Å².